The van der Waals surface area contributed by atoms with Gasteiger partial charge in [-0.15, -0.1) is 0 Å². The van der Waals surface area contributed by atoms with Gasteiger partial charge in [0.1, 0.15) is 11.2 Å². The van der Waals surface area contributed by atoms with Crippen LogP contribution in [0.25, 0.3) is 54.6 Å². The number of furan rings is 1. The summed E-state index contributed by atoms with van der Waals surface area (Å²) in [5.74, 6) is 0.542. The standard InChI is InChI=1S/C29H22O/c1-18(2)19-9-12-24-22(15-19)7-8-23-16-20(10-13-25(23)24)21-11-14-27-26-5-3-4-6-28(26)30-29(27)17-21/h3-18H,1-2H3. The van der Waals surface area contributed by atoms with Crippen LogP contribution in [0.2, 0.25) is 0 Å². The number of benzene rings is 5. The van der Waals surface area contributed by atoms with Crippen LogP contribution in [0.4, 0.5) is 0 Å². The van der Waals surface area contributed by atoms with Crippen molar-refractivity contribution in [2.45, 2.75) is 19.8 Å². The third-order valence-electron chi connectivity index (χ3n) is 6.24. The highest BCUT2D eigenvalue weighted by atomic mass is 16.3. The van der Waals surface area contributed by atoms with Crippen LogP contribution in [0.3, 0.4) is 0 Å². The van der Waals surface area contributed by atoms with E-state index in [0.717, 1.165) is 11.2 Å². The SMILES string of the molecule is CC(C)c1ccc2c(ccc3cc(-c4ccc5c(c4)oc4ccccc45)ccc32)c1. The summed E-state index contributed by atoms with van der Waals surface area (Å²) in [6.07, 6.45) is 0. The number of rotatable bonds is 2. The third-order valence-corrected chi connectivity index (χ3v) is 6.24. The molecule has 0 fully saturated rings. The van der Waals surface area contributed by atoms with Crippen LogP contribution in [-0.4, -0.2) is 0 Å². The quantitative estimate of drug-likeness (QED) is 0.271. The molecule has 144 valence electrons. The van der Waals surface area contributed by atoms with Crippen molar-refractivity contribution < 1.29 is 4.42 Å². The monoisotopic (exact) mass is 386 g/mol. The Kier molecular flexibility index (Phi) is 3.73. The molecule has 0 atom stereocenters. The fourth-order valence-corrected chi connectivity index (χ4v) is 4.53. The Morgan fingerprint density at radius 3 is 1.97 bits per heavy atom. The molecule has 6 rings (SSSR count). The zero-order valence-corrected chi connectivity index (χ0v) is 17.1. The normalized spacial score (nSPS) is 12.0. The fourth-order valence-electron chi connectivity index (χ4n) is 4.53. The zero-order valence-electron chi connectivity index (χ0n) is 17.1. The van der Waals surface area contributed by atoms with E-state index in [2.05, 4.69) is 92.7 Å². The summed E-state index contributed by atoms with van der Waals surface area (Å²) in [6, 6.07) is 32.9. The van der Waals surface area contributed by atoms with Crippen molar-refractivity contribution in [1.29, 1.82) is 0 Å². The van der Waals surface area contributed by atoms with E-state index >= 15 is 0 Å². The molecule has 1 aromatic heterocycles. The van der Waals surface area contributed by atoms with Crippen molar-refractivity contribution in [3.63, 3.8) is 0 Å². The lowest BCUT2D eigenvalue weighted by Gasteiger charge is -2.10. The van der Waals surface area contributed by atoms with Crippen LogP contribution < -0.4 is 0 Å². The van der Waals surface area contributed by atoms with Crippen LogP contribution in [-0.2, 0) is 0 Å². The summed E-state index contributed by atoms with van der Waals surface area (Å²) in [4.78, 5) is 0. The van der Waals surface area contributed by atoms with Gasteiger partial charge in [-0.1, -0.05) is 80.6 Å². The van der Waals surface area contributed by atoms with E-state index in [-0.39, 0.29) is 0 Å². The number of hydrogen-bond acceptors (Lipinski definition) is 1. The highest BCUT2D eigenvalue weighted by Crippen LogP contribution is 2.34. The minimum Gasteiger partial charge on any atom is -0.456 e. The van der Waals surface area contributed by atoms with Crippen molar-refractivity contribution in [1.82, 2.24) is 0 Å². The van der Waals surface area contributed by atoms with Crippen molar-refractivity contribution in [3.05, 3.63) is 96.6 Å². The second kappa shape index (κ2) is 6.47. The van der Waals surface area contributed by atoms with Crippen LogP contribution in [0.1, 0.15) is 25.3 Å². The number of para-hydroxylation sites is 1. The van der Waals surface area contributed by atoms with Gasteiger partial charge >= 0.3 is 0 Å². The minimum absolute atomic E-state index is 0.542. The second-order valence-corrected chi connectivity index (χ2v) is 8.45. The van der Waals surface area contributed by atoms with E-state index in [9.17, 15) is 0 Å². The summed E-state index contributed by atoms with van der Waals surface area (Å²) in [5.41, 5.74) is 5.66. The smallest absolute Gasteiger partial charge is 0.136 e. The molecule has 0 aliphatic carbocycles. The Labute approximate surface area is 175 Å². The fraction of sp³-hybridized carbons (Fsp3) is 0.103. The molecule has 0 saturated carbocycles. The Morgan fingerprint density at radius 1 is 0.533 bits per heavy atom. The average Bonchev–Trinajstić information content (AvgIpc) is 3.16. The highest BCUT2D eigenvalue weighted by Gasteiger charge is 2.09. The Bertz CT molecular complexity index is 1570. The predicted molar refractivity (Wildman–Crippen MR) is 128 cm³/mol. The molecule has 30 heavy (non-hydrogen) atoms. The highest BCUT2D eigenvalue weighted by molar-refractivity contribution is 6.09. The van der Waals surface area contributed by atoms with Gasteiger partial charge in [0, 0.05) is 10.8 Å². The Morgan fingerprint density at radius 2 is 1.17 bits per heavy atom. The summed E-state index contributed by atoms with van der Waals surface area (Å²) >= 11 is 0. The molecule has 5 aromatic carbocycles. The van der Waals surface area contributed by atoms with Crippen molar-refractivity contribution >= 4 is 43.5 Å². The molecule has 0 aliphatic rings. The molecule has 1 nitrogen and oxygen atoms in total. The van der Waals surface area contributed by atoms with E-state index in [0.29, 0.717) is 5.92 Å². The van der Waals surface area contributed by atoms with Gasteiger partial charge in [-0.05, 0) is 68.4 Å². The summed E-state index contributed by atoms with van der Waals surface area (Å²) < 4.78 is 6.09. The molecule has 0 N–H and O–H groups in total. The minimum atomic E-state index is 0.542. The molecule has 1 heterocycles. The first-order valence-electron chi connectivity index (χ1n) is 10.6. The summed E-state index contributed by atoms with van der Waals surface area (Å²) in [7, 11) is 0. The molecule has 0 unspecified atom stereocenters. The summed E-state index contributed by atoms with van der Waals surface area (Å²) in [5, 5.41) is 7.53. The van der Waals surface area contributed by atoms with E-state index < -0.39 is 0 Å². The predicted octanol–water partition coefficient (Wildman–Crippen LogP) is 8.68. The molecular formula is C29H22O. The van der Waals surface area contributed by atoms with Gasteiger partial charge in [-0.3, -0.25) is 0 Å². The van der Waals surface area contributed by atoms with Crippen LogP contribution in [0.5, 0.6) is 0 Å². The molecule has 0 amide bonds. The first kappa shape index (κ1) is 17.3. The lowest BCUT2D eigenvalue weighted by molar-refractivity contribution is 0.669. The number of hydrogen-bond donors (Lipinski definition) is 0. The number of fused-ring (bicyclic) bond motifs is 6. The van der Waals surface area contributed by atoms with Crippen molar-refractivity contribution in [2.24, 2.45) is 0 Å². The van der Waals surface area contributed by atoms with Gasteiger partial charge in [0.2, 0.25) is 0 Å². The van der Waals surface area contributed by atoms with E-state index in [1.807, 2.05) is 12.1 Å². The Hall–Kier alpha value is -3.58. The molecule has 0 spiro atoms. The van der Waals surface area contributed by atoms with Crippen LogP contribution in [0.15, 0.2) is 95.4 Å². The lowest BCUT2D eigenvalue weighted by Crippen LogP contribution is -1.87. The van der Waals surface area contributed by atoms with Gasteiger partial charge in [-0.2, -0.15) is 0 Å². The molecular weight excluding hydrogens is 364 g/mol. The molecule has 0 bridgehead atoms. The van der Waals surface area contributed by atoms with Gasteiger partial charge in [0.05, 0.1) is 0 Å². The third kappa shape index (κ3) is 2.63. The molecule has 6 aromatic rings. The Balaban J connectivity index is 1.49. The van der Waals surface area contributed by atoms with Crippen LogP contribution in [0, 0.1) is 0 Å². The first-order valence-corrected chi connectivity index (χ1v) is 10.6. The van der Waals surface area contributed by atoms with Gasteiger partial charge < -0.3 is 4.42 Å². The maximum atomic E-state index is 6.09. The molecule has 0 radical (unpaired) electrons. The molecule has 1 heteroatoms. The molecule has 0 saturated heterocycles. The van der Waals surface area contributed by atoms with Crippen molar-refractivity contribution in [2.75, 3.05) is 0 Å². The van der Waals surface area contributed by atoms with E-state index in [4.69, 9.17) is 4.42 Å². The maximum absolute atomic E-state index is 6.09. The average molecular weight is 386 g/mol. The van der Waals surface area contributed by atoms with Crippen LogP contribution >= 0.6 is 0 Å². The largest absolute Gasteiger partial charge is 0.456 e. The topological polar surface area (TPSA) is 13.1 Å². The summed E-state index contributed by atoms with van der Waals surface area (Å²) in [6.45, 7) is 4.49. The lowest BCUT2D eigenvalue weighted by atomic mass is 9.94. The zero-order chi connectivity index (χ0) is 20.2. The molecule has 0 aliphatic heterocycles. The van der Waals surface area contributed by atoms with E-state index in [1.165, 1.54) is 49.0 Å². The van der Waals surface area contributed by atoms with E-state index in [1.54, 1.807) is 0 Å². The maximum Gasteiger partial charge on any atom is 0.136 e. The van der Waals surface area contributed by atoms with Crippen molar-refractivity contribution in [3.8, 4) is 11.1 Å². The first-order chi connectivity index (χ1) is 14.7. The second-order valence-electron chi connectivity index (χ2n) is 8.45. The van der Waals surface area contributed by atoms with Gasteiger partial charge in [-0.25, -0.2) is 0 Å². The van der Waals surface area contributed by atoms with Gasteiger partial charge in [0.25, 0.3) is 0 Å². The van der Waals surface area contributed by atoms with Gasteiger partial charge in [0.15, 0.2) is 0 Å².